The Bertz CT molecular complexity index is 127. The molecule has 0 spiro atoms. The molecule has 3 rings (SSSR count). The van der Waals surface area contributed by atoms with Gasteiger partial charge >= 0.3 is 0 Å². The van der Waals surface area contributed by atoms with Gasteiger partial charge in [0, 0.05) is 5.41 Å². The minimum atomic E-state index is 0.171. The second-order valence-corrected chi connectivity index (χ2v) is 3.33. The second-order valence-electron chi connectivity index (χ2n) is 3.33. The summed E-state index contributed by atoms with van der Waals surface area (Å²) in [5, 5.41) is 8.95. The molecule has 2 heteroatoms. The fraction of sp³-hybridized carbons (Fsp3) is 1.00. The van der Waals surface area contributed by atoms with E-state index < -0.39 is 0 Å². The Morgan fingerprint density at radius 3 is 2.56 bits per heavy atom. The molecule has 3 fully saturated rings. The smallest absolute Gasteiger partial charge is 0.0630 e. The van der Waals surface area contributed by atoms with Crippen LogP contribution < -0.4 is 0 Å². The number of rotatable bonds is 1. The SMILES string of the molecule is CC1OC2CC1(CO)C2. The molecule has 2 bridgehead atoms. The molecule has 0 aromatic carbocycles. The molecule has 0 aromatic rings. The highest BCUT2D eigenvalue weighted by Crippen LogP contribution is 2.53. The molecule has 9 heavy (non-hydrogen) atoms. The summed E-state index contributed by atoms with van der Waals surface area (Å²) >= 11 is 0. The van der Waals surface area contributed by atoms with Crippen LogP contribution in [0.4, 0.5) is 0 Å². The summed E-state index contributed by atoms with van der Waals surface area (Å²) in [4.78, 5) is 0. The monoisotopic (exact) mass is 128 g/mol. The highest BCUT2D eigenvalue weighted by molar-refractivity contribution is 5.04. The number of hydrogen-bond donors (Lipinski definition) is 1. The predicted molar refractivity (Wildman–Crippen MR) is 33.1 cm³/mol. The van der Waals surface area contributed by atoms with Gasteiger partial charge in [0.1, 0.15) is 0 Å². The summed E-state index contributed by atoms with van der Waals surface area (Å²) in [6.07, 6.45) is 2.95. The molecule has 2 nitrogen and oxygen atoms in total. The minimum absolute atomic E-state index is 0.171. The highest BCUT2D eigenvalue weighted by atomic mass is 16.5. The Labute approximate surface area is 54.8 Å². The maximum atomic E-state index is 8.95. The van der Waals surface area contributed by atoms with E-state index in [2.05, 4.69) is 6.92 Å². The van der Waals surface area contributed by atoms with Crippen LogP contribution in [0.1, 0.15) is 19.8 Å². The van der Waals surface area contributed by atoms with Gasteiger partial charge in [-0.1, -0.05) is 0 Å². The highest BCUT2D eigenvalue weighted by Gasteiger charge is 2.56. The maximum Gasteiger partial charge on any atom is 0.0630 e. The third kappa shape index (κ3) is 0.528. The standard InChI is InChI=1S/C7H12O2/c1-5-7(4-8)2-6(3-7)9-5/h5-6,8H,2-4H2,1H3. The summed E-state index contributed by atoms with van der Waals surface area (Å²) in [5.74, 6) is 0. The normalized spacial score (nSPS) is 55.3. The largest absolute Gasteiger partial charge is 0.396 e. The lowest BCUT2D eigenvalue weighted by Crippen LogP contribution is -2.38. The van der Waals surface area contributed by atoms with Crippen molar-refractivity contribution in [2.75, 3.05) is 6.61 Å². The van der Waals surface area contributed by atoms with Gasteiger partial charge in [0.2, 0.25) is 0 Å². The van der Waals surface area contributed by atoms with E-state index in [9.17, 15) is 0 Å². The fourth-order valence-electron chi connectivity index (χ4n) is 1.97. The van der Waals surface area contributed by atoms with Crippen molar-refractivity contribution in [1.82, 2.24) is 0 Å². The Balaban J connectivity index is 2.15. The molecule has 1 saturated carbocycles. The summed E-state index contributed by atoms with van der Waals surface area (Å²) in [5.41, 5.74) is 0.171. The number of fused-ring (bicyclic) bond motifs is 1. The predicted octanol–water partition coefficient (Wildman–Crippen LogP) is 0.546. The molecule has 0 radical (unpaired) electrons. The Morgan fingerprint density at radius 2 is 2.33 bits per heavy atom. The number of hydrogen-bond acceptors (Lipinski definition) is 2. The van der Waals surface area contributed by atoms with E-state index in [1.54, 1.807) is 0 Å². The van der Waals surface area contributed by atoms with E-state index in [0.717, 1.165) is 12.8 Å². The summed E-state index contributed by atoms with van der Waals surface area (Å²) < 4.78 is 5.47. The van der Waals surface area contributed by atoms with Crippen LogP contribution >= 0.6 is 0 Å². The van der Waals surface area contributed by atoms with Crippen molar-refractivity contribution in [2.24, 2.45) is 5.41 Å². The third-order valence-electron chi connectivity index (χ3n) is 2.84. The van der Waals surface area contributed by atoms with Crippen molar-refractivity contribution >= 4 is 0 Å². The quantitative estimate of drug-likeness (QED) is 0.558. The number of aliphatic hydroxyl groups is 1. The molecular weight excluding hydrogens is 116 g/mol. The fourth-order valence-corrected chi connectivity index (χ4v) is 1.97. The van der Waals surface area contributed by atoms with Crippen LogP contribution in [0.5, 0.6) is 0 Å². The minimum Gasteiger partial charge on any atom is -0.396 e. The first-order chi connectivity index (χ1) is 4.27. The van der Waals surface area contributed by atoms with Crippen molar-refractivity contribution in [3.8, 4) is 0 Å². The van der Waals surface area contributed by atoms with E-state index in [1.807, 2.05) is 0 Å². The van der Waals surface area contributed by atoms with Crippen molar-refractivity contribution < 1.29 is 9.84 Å². The lowest BCUT2D eigenvalue weighted by molar-refractivity contribution is 0.0688. The lowest BCUT2D eigenvalue weighted by atomic mass is 9.68. The van der Waals surface area contributed by atoms with E-state index in [0.29, 0.717) is 18.8 Å². The summed E-state index contributed by atoms with van der Waals surface area (Å²) in [6, 6.07) is 0. The molecule has 0 amide bonds. The summed E-state index contributed by atoms with van der Waals surface area (Å²) in [6.45, 7) is 2.37. The first-order valence-electron chi connectivity index (χ1n) is 3.53. The van der Waals surface area contributed by atoms with Crippen LogP contribution in [0.3, 0.4) is 0 Å². The van der Waals surface area contributed by atoms with Gasteiger partial charge in [-0.05, 0) is 19.8 Å². The van der Waals surface area contributed by atoms with E-state index in [1.165, 1.54) is 0 Å². The average molecular weight is 128 g/mol. The molecule has 1 atom stereocenters. The maximum absolute atomic E-state index is 8.95. The van der Waals surface area contributed by atoms with Gasteiger partial charge in [-0.3, -0.25) is 0 Å². The van der Waals surface area contributed by atoms with Crippen molar-refractivity contribution in [1.29, 1.82) is 0 Å². The molecule has 3 aliphatic rings. The van der Waals surface area contributed by atoms with Crippen LogP contribution in [-0.4, -0.2) is 23.9 Å². The van der Waals surface area contributed by atoms with Crippen LogP contribution in [-0.2, 0) is 4.74 Å². The van der Waals surface area contributed by atoms with Gasteiger partial charge in [-0.25, -0.2) is 0 Å². The zero-order valence-corrected chi connectivity index (χ0v) is 5.63. The van der Waals surface area contributed by atoms with Crippen molar-refractivity contribution in [3.63, 3.8) is 0 Å². The van der Waals surface area contributed by atoms with Gasteiger partial charge in [-0.15, -0.1) is 0 Å². The Hall–Kier alpha value is -0.0800. The van der Waals surface area contributed by atoms with E-state index in [4.69, 9.17) is 9.84 Å². The zero-order valence-electron chi connectivity index (χ0n) is 5.63. The van der Waals surface area contributed by atoms with Crippen LogP contribution in [0.15, 0.2) is 0 Å². The van der Waals surface area contributed by atoms with Gasteiger partial charge in [0.15, 0.2) is 0 Å². The summed E-state index contributed by atoms with van der Waals surface area (Å²) in [7, 11) is 0. The van der Waals surface area contributed by atoms with Gasteiger partial charge in [-0.2, -0.15) is 0 Å². The Morgan fingerprint density at radius 1 is 1.67 bits per heavy atom. The molecule has 1 N–H and O–H groups in total. The van der Waals surface area contributed by atoms with E-state index in [-0.39, 0.29) is 5.41 Å². The molecule has 1 aliphatic carbocycles. The average Bonchev–Trinajstić information content (AvgIpc) is 2.17. The zero-order chi connectivity index (χ0) is 6.48. The molecular formula is C7H12O2. The van der Waals surface area contributed by atoms with Gasteiger partial charge in [0.05, 0.1) is 18.8 Å². The van der Waals surface area contributed by atoms with Crippen molar-refractivity contribution in [2.45, 2.75) is 32.0 Å². The third-order valence-corrected chi connectivity index (χ3v) is 2.84. The van der Waals surface area contributed by atoms with Crippen LogP contribution in [0, 0.1) is 5.41 Å². The van der Waals surface area contributed by atoms with Crippen LogP contribution in [0.25, 0.3) is 0 Å². The number of aliphatic hydroxyl groups excluding tert-OH is 1. The molecule has 1 unspecified atom stereocenters. The van der Waals surface area contributed by atoms with Crippen molar-refractivity contribution in [3.05, 3.63) is 0 Å². The first-order valence-corrected chi connectivity index (χ1v) is 3.53. The first kappa shape index (κ1) is 5.69. The molecule has 52 valence electrons. The van der Waals surface area contributed by atoms with Crippen LogP contribution in [0.2, 0.25) is 0 Å². The van der Waals surface area contributed by atoms with Gasteiger partial charge < -0.3 is 9.84 Å². The molecule has 2 saturated heterocycles. The lowest BCUT2D eigenvalue weighted by Gasteiger charge is -2.35. The Kier molecular flexibility index (Phi) is 0.945. The van der Waals surface area contributed by atoms with Gasteiger partial charge in [0.25, 0.3) is 0 Å². The number of ether oxygens (including phenoxy) is 1. The second kappa shape index (κ2) is 1.50. The molecule has 0 aromatic heterocycles. The molecule has 2 heterocycles. The topological polar surface area (TPSA) is 29.5 Å². The molecule has 2 aliphatic heterocycles. The van der Waals surface area contributed by atoms with E-state index >= 15 is 0 Å².